The predicted molar refractivity (Wildman–Crippen MR) is 60.7 cm³/mol. The van der Waals surface area contributed by atoms with Crippen LogP contribution in [0.1, 0.15) is 31.0 Å². The molecule has 0 aliphatic heterocycles. The molecule has 0 saturated heterocycles. The molecule has 2 heteroatoms. The second-order valence-corrected chi connectivity index (χ2v) is 4.00. The van der Waals surface area contributed by atoms with Crippen LogP contribution in [-0.2, 0) is 6.54 Å². The van der Waals surface area contributed by atoms with Gasteiger partial charge in [0.2, 0.25) is 0 Å². The summed E-state index contributed by atoms with van der Waals surface area (Å²) in [6.45, 7) is 5.08. The Morgan fingerprint density at radius 1 is 1.27 bits per heavy atom. The van der Waals surface area contributed by atoms with Gasteiger partial charge in [0.15, 0.2) is 0 Å². The second kappa shape index (κ2) is 4.30. The summed E-state index contributed by atoms with van der Waals surface area (Å²) in [4.78, 5) is 0. The van der Waals surface area contributed by atoms with Crippen molar-refractivity contribution in [1.29, 1.82) is 0 Å². The first-order valence-corrected chi connectivity index (χ1v) is 5.24. The fourth-order valence-electron chi connectivity index (χ4n) is 1.47. The molecule has 0 aliphatic carbocycles. The van der Waals surface area contributed by atoms with E-state index in [2.05, 4.69) is 37.1 Å². The topological polar surface area (TPSA) is 17.8 Å². The molecule has 1 aromatic heterocycles. The molecule has 0 spiro atoms. The van der Waals surface area contributed by atoms with E-state index in [1.165, 1.54) is 5.56 Å². The Bertz CT molecular complexity index is 415. The third-order valence-electron chi connectivity index (χ3n) is 2.33. The molecule has 0 aliphatic rings. The zero-order chi connectivity index (χ0) is 10.7. The Labute approximate surface area is 90.6 Å². The van der Waals surface area contributed by atoms with E-state index in [9.17, 15) is 0 Å². The van der Waals surface area contributed by atoms with Crippen LogP contribution in [0.5, 0.6) is 0 Å². The molecule has 0 saturated carbocycles. The van der Waals surface area contributed by atoms with E-state index in [0.29, 0.717) is 5.92 Å². The highest BCUT2D eigenvalue weighted by atomic mass is 15.3. The van der Waals surface area contributed by atoms with E-state index in [-0.39, 0.29) is 0 Å². The number of benzene rings is 1. The molecule has 0 fully saturated rings. The minimum absolute atomic E-state index is 0.446. The summed E-state index contributed by atoms with van der Waals surface area (Å²) in [7, 11) is 0. The summed E-state index contributed by atoms with van der Waals surface area (Å²) < 4.78 is 1.94. The quantitative estimate of drug-likeness (QED) is 0.743. The number of hydrogen-bond donors (Lipinski definition) is 0. The summed E-state index contributed by atoms with van der Waals surface area (Å²) >= 11 is 0. The summed E-state index contributed by atoms with van der Waals surface area (Å²) in [6.07, 6.45) is 1.92. The van der Waals surface area contributed by atoms with Crippen molar-refractivity contribution in [2.75, 3.05) is 0 Å². The van der Waals surface area contributed by atoms with Crippen LogP contribution in [0.25, 0.3) is 0 Å². The smallest absolute Gasteiger partial charge is 0.0729 e. The molecular weight excluding hydrogens is 184 g/mol. The standard InChI is InChI=1S/C13H15N2/c1-11(2)13-8-9-15(14-13)10-12-6-4-3-5-7-12/h3-7,9,11H,10H2,1-2H3. The first-order chi connectivity index (χ1) is 7.25. The van der Waals surface area contributed by atoms with Crippen LogP contribution in [0.4, 0.5) is 0 Å². The molecule has 0 bridgehead atoms. The van der Waals surface area contributed by atoms with Gasteiger partial charge in [0.25, 0.3) is 0 Å². The van der Waals surface area contributed by atoms with E-state index in [1.807, 2.05) is 29.1 Å². The summed E-state index contributed by atoms with van der Waals surface area (Å²) in [5.41, 5.74) is 2.30. The minimum Gasteiger partial charge on any atom is -0.267 e. The monoisotopic (exact) mass is 199 g/mol. The van der Waals surface area contributed by atoms with Crippen LogP contribution in [0, 0.1) is 6.07 Å². The van der Waals surface area contributed by atoms with Gasteiger partial charge in [-0.3, -0.25) is 4.68 Å². The molecule has 0 atom stereocenters. The van der Waals surface area contributed by atoms with Crippen molar-refractivity contribution in [3.8, 4) is 0 Å². The van der Waals surface area contributed by atoms with E-state index in [4.69, 9.17) is 0 Å². The van der Waals surface area contributed by atoms with Crippen LogP contribution in [-0.4, -0.2) is 9.78 Å². The molecular formula is C13H15N2. The SMILES string of the molecule is CC(C)c1[c]cn(Cc2ccccc2)n1. The zero-order valence-electron chi connectivity index (χ0n) is 9.14. The largest absolute Gasteiger partial charge is 0.267 e. The van der Waals surface area contributed by atoms with Crippen LogP contribution >= 0.6 is 0 Å². The molecule has 2 aromatic rings. The third-order valence-corrected chi connectivity index (χ3v) is 2.33. The van der Waals surface area contributed by atoms with Crippen molar-refractivity contribution >= 4 is 0 Å². The van der Waals surface area contributed by atoms with Crippen molar-refractivity contribution in [3.63, 3.8) is 0 Å². The fourth-order valence-corrected chi connectivity index (χ4v) is 1.47. The van der Waals surface area contributed by atoms with Gasteiger partial charge in [0.1, 0.15) is 0 Å². The van der Waals surface area contributed by atoms with Crippen LogP contribution < -0.4 is 0 Å². The fraction of sp³-hybridized carbons (Fsp3) is 0.308. The van der Waals surface area contributed by atoms with Gasteiger partial charge in [-0.1, -0.05) is 44.2 Å². The van der Waals surface area contributed by atoms with E-state index in [0.717, 1.165) is 12.2 Å². The highest BCUT2D eigenvalue weighted by Crippen LogP contribution is 2.10. The highest BCUT2D eigenvalue weighted by Gasteiger charge is 2.03. The van der Waals surface area contributed by atoms with Crippen molar-refractivity contribution < 1.29 is 0 Å². The molecule has 1 radical (unpaired) electrons. The molecule has 77 valence electrons. The van der Waals surface area contributed by atoms with E-state index in [1.54, 1.807) is 0 Å². The normalized spacial score (nSPS) is 10.9. The molecule has 0 amide bonds. The number of nitrogens with zero attached hydrogens (tertiary/aromatic N) is 2. The minimum atomic E-state index is 0.446. The van der Waals surface area contributed by atoms with Crippen molar-refractivity contribution in [3.05, 3.63) is 53.9 Å². The van der Waals surface area contributed by atoms with Gasteiger partial charge in [-0.15, -0.1) is 0 Å². The van der Waals surface area contributed by atoms with Gasteiger partial charge in [-0.25, -0.2) is 0 Å². The lowest BCUT2D eigenvalue weighted by atomic mass is 10.1. The lowest BCUT2D eigenvalue weighted by Gasteiger charge is -2.02. The van der Waals surface area contributed by atoms with Crippen molar-refractivity contribution in [2.45, 2.75) is 26.3 Å². The second-order valence-electron chi connectivity index (χ2n) is 4.00. The maximum Gasteiger partial charge on any atom is 0.0729 e. The van der Waals surface area contributed by atoms with Gasteiger partial charge in [0, 0.05) is 12.3 Å². The predicted octanol–water partition coefficient (Wildman–Crippen LogP) is 2.85. The van der Waals surface area contributed by atoms with Crippen LogP contribution in [0.2, 0.25) is 0 Å². The highest BCUT2D eigenvalue weighted by molar-refractivity contribution is 5.15. The Hall–Kier alpha value is -1.57. The summed E-state index contributed by atoms with van der Waals surface area (Å²) in [5, 5.41) is 4.47. The molecule has 15 heavy (non-hydrogen) atoms. The number of rotatable bonds is 3. The van der Waals surface area contributed by atoms with E-state index < -0.39 is 0 Å². The number of hydrogen-bond acceptors (Lipinski definition) is 1. The van der Waals surface area contributed by atoms with Gasteiger partial charge in [0.05, 0.1) is 12.2 Å². The van der Waals surface area contributed by atoms with Crippen molar-refractivity contribution in [1.82, 2.24) is 9.78 Å². The Balaban J connectivity index is 2.12. The van der Waals surface area contributed by atoms with E-state index >= 15 is 0 Å². The lowest BCUT2D eigenvalue weighted by Crippen LogP contribution is -2.01. The maximum absolute atomic E-state index is 4.47. The van der Waals surface area contributed by atoms with Crippen LogP contribution in [0.3, 0.4) is 0 Å². The molecule has 1 heterocycles. The third kappa shape index (κ3) is 2.46. The molecule has 0 N–H and O–H groups in total. The van der Waals surface area contributed by atoms with Gasteiger partial charge in [-0.2, -0.15) is 5.10 Å². The molecule has 1 aromatic carbocycles. The average molecular weight is 199 g/mol. The molecule has 2 rings (SSSR count). The summed E-state index contributed by atoms with van der Waals surface area (Å²) in [6, 6.07) is 13.5. The number of aromatic nitrogens is 2. The van der Waals surface area contributed by atoms with Gasteiger partial charge in [-0.05, 0) is 11.5 Å². The summed E-state index contributed by atoms with van der Waals surface area (Å²) in [5.74, 6) is 0.446. The Morgan fingerprint density at radius 3 is 2.60 bits per heavy atom. The van der Waals surface area contributed by atoms with Gasteiger partial charge >= 0.3 is 0 Å². The first-order valence-electron chi connectivity index (χ1n) is 5.24. The zero-order valence-corrected chi connectivity index (χ0v) is 9.14. The average Bonchev–Trinajstić information content (AvgIpc) is 2.68. The van der Waals surface area contributed by atoms with Crippen molar-refractivity contribution in [2.24, 2.45) is 0 Å². The molecule has 2 nitrogen and oxygen atoms in total. The van der Waals surface area contributed by atoms with Crippen LogP contribution in [0.15, 0.2) is 36.5 Å². The molecule has 0 unspecified atom stereocenters. The lowest BCUT2D eigenvalue weighted by molar-refractivity contribution is 0.657. The Morgan fingerprint density at radius 2 is 2.00 bits per heavy atom. The maximum atomic E-state index is 4.47. The Kier molecular flexibility index (Phi) is 2.86. The first kappa shape index (κ1) is 9.97. The van der Waals surface area contributed by atoms with Gasteiger partial charge < -0.3 is 0 Å².